The van der Waals surface area contributed by atoms with E-state index in [1.165, 1.54) is 55.4 Å². The van der Waals surface area contributed by atoms with E-state index < -0.39 is 0 Å². The van der Waals surface area contributed by atoms with Crippen LogP contribution in [0.5, 0.6) is 0 Å². The summed E-state index contributed by atoms with van der Waals surface area (Å²) < 4.78 is 17.0. The molecule has 0 aliphatic heterocycles. The van der Waals surface area contributed by atoms with Gasteiger partial charge in [0.25, 0.3) is 0 Å². The normalized spacial score (nSPS) is 7.13. The van der Waals surface area contributed by atoms with Gasteiger partial charge in [0.15, 0.2) is 23.1 Å². The third kappa shape index (κ3) is 187. The van der Waals surface area contributed by atoms with Gasteiger partial charge in [0.1, 0.15) is 23.1 Å². The number of ketones is 8. The standard InChI is InChI=1S/4C13H10O.5C6H6.4C3H6O.4C2H6O.17C2H6.CH4/c4*14-13(11-7-3-1-4-8-11)12-9-5-2-6-10-12;5*1-2-4-6-5-3-1;4*1-3(2)4;4*1-3-2;17*1-2;/h4*1-10H;5*1-6H;4*1-2H3;4*1-2H3;17*1-2H3;1H4. The first-order valence-electron chi connectivity index (χ1n) is 53.2. The van der Waals surface area contributed by atoms with E-state index in [0.29, 0.717) is 0 Å². The second-order valence-corrected chi connectivity index (χ2v) is 23.3. The van der Waals surface area contributed by atoms with Gasteiger partial charge in [-0.05, 0) is 55.4 Å². The third-order valence-electron chi connectivity index (χ3n) is 11.6. The van der Waals surface area contributed by atoms with Crippen molar-refractivity contribution in [3.63, 3.8) is 0 Å². The summed E-state index contributed by atoms with van der Waals surface area (Å²) in [7, 11) is 13.0. The zero-order valence-corrected chi connectivity index (χ0v) is 103. The average molecular weight is 2060 g/mol. The molecule has 0 amide bonds. The van der Waals surface area contributed by atoms with Gasteiger partial charge in [0.05, 0.1) is 0 Å². The Balaban J connectivity index is -0.0000000576. The van der Waals surface area contributed by atoms with Gasteiger partial charge < -0.3 is 38.1 Å². The number of rotatable bonds is 8. The predicted octanol–water partition coefficient (Wildman–Crippen LogP) is 41.6. The van der Waals surface area contributed by atoms with Crippen molar-refractivity contribution < 1.29 is 57.3 Å². The SMILES string of the molecule is C.CC.CC.CC.CC.CC.CC.CC.CC.CC.CC.CC.CC.CC.CC.CC.CC.CC.CC(C)=O.CC(C)=O.CC(C)=O.CC(C)=O.COC.COC.COC.COC.O=C(c1ccccc1)c1ccccc1.O=C(c1ccccc1)c1ccccc1.O=C(c1ccccc1)c1ccccc1.O=C(c1ccccc1)c1ccccc1.c1ccccc1.c1ccccc1.c1ccccc1.c1ccccc1.c1ccccc1. The molecule has 13 rings (SSSR count). The average Bonchev–Trinajstić information content (AvgIpc) is 0.886. The molecule has 12 heteroatoms. The van der Waals surface area contributed by atoms with E-state index in [9.17, 15) is 38.4 Å². The van der Waals surface area contributed by atoms with Crippen LogP contribution >= 0.6 is 0 Å². The molecule has 0 heterocycles. The number of methoxy groups -OCH3 is 4. The molecule has 12 nitrogen and oxygen atoms in total. The summed E-state index contributed by atoms with van der Waals surface area (Å²) >= 11 is 0. The smallest absolute Gasteiger partial charge is 0.193 e. The Bertz CT molecular complexity index is 3330. The molecule has 0 unspecified atom stereocenters. The van der Waals surface area contributed by atoms with Crippen molar-refractivity contribution in [1.29, 1.82) is 0 Å². The maximum absolute atomic E-state index is 11.8. The molecule has 13 aromatic carbocycles. The van der Waals surface area contributed by atoms with Crippen LogP contribution in [0.2, 0.25) is 0 Å². The molecule has 0 saturated heterocycles. The topological polar surface area (TPSA) is 173 Å². The summed E-state index contributed by atoms with van der Waals surface area (Å²) in [5.74, 6) is 0.967. The van der Waals surface area contributed by atoms with Crippen molar-refractivity contribution in [3.05, 3.63) is 469 Å². The van der Waals surface area contributed by atoms with E-state index in [1.807, 2.05) is 660 Å². The Morgan fingerprint density at radius 3 is 0.188 bits per heavy atom. The first kappa shape index (κ1) is 191. The molecule has 0 atom stereocenters. The zero-order valence-electron chi connectivity index (χ0n) is 103. The molecule has 13 aromatic rings. The van der Waals surface area contributed by atoms with E-state index in [2.05, 4.69) is 18.9 Å². The largest absolute Gasteiger partial charge is 0.388 e. The minimum absolute atomic E-state index is 0. The number of carbonyl (C=O) groups is 8. The molecule has 0 spiro atoms. The summed E-state index contributed by atoms with van der Waals surface area (Å²) in [5, 5.41) is 0. The van der Waals surface area contributed by atoms with Gasteiger partial charge in [0.2, 0.25) is 0 Å². The number of ether oxygens (including phenoxy) is 4. The van der Waals surface area contributed by atoms with Crippen LogP contribution in [0, 0.1) is 0 Å². The van der Waals surface area contributed by atoms with Crippen molar-refractivity contribution in [2.75, 3.05) is 56.9 Å². The van der Waals surface area contributed by atoms with Crippen LogP contribution < -0.4 is 0 Å². The molecule has 149 heavy (non-hydrogen) atoms. The number of hydrogen-bond donors (Lipinski definition) is 0. The van der Waals surface area contributed by atoms with Crippen molar-refractivity contribution in [2.45, 2.75) is 298 Å². The fourth-order valence-corrected chi connectivity index (χ4v) is 7.31. The summed E-state index contributed by atoms with van der Waals surface area (Å²) in [6.45, 7) is 80.2. The lowest BCUT2D eigenvalue weighted by atomic mass is 10.0. The highest BCUT2D eigenvalue weighted by Crippen LogP contribution is 2.12. The summed E-state index contributed by atoms with van der Waals surface area (Å²) in [5.41, 5.74) is 5.88. The second-order valence-electron chi connectivity index (χ2n) is 23.3. The fourth-order valence-electron chi connectivity index (χ4n) is 7.31. The van der Waals surface area contributed by atoms with Crippen LogP contribution in [0.3, 0.4) is 0 Å². The number of carbonyl (C=O) groups excluding carboxylic acids is 8. The van der Waals surface area contributed by atoms with Crippen LogP contribution in [0.15, 0.2) is 425 Å². The molecule has 0 aliphatic rings. The molecule has 0 aromatic heterocycles. The van der Waals surface area contributed by atoms with E-state index >= 15 is 0 Å². The quantitative estimate of drug-likeness (QED) is 0.132. The van der Waals surface area contributed by atoms with Gasteiger partial charge in [-0.25, -0.2) is 0 Å². The van der Waals surface area contributed by atoms with Gasteiger partial charge in [-0.1, -0.05) is 667 Å². The van der Waals surface area contributed by atoms with Crippen molar-refractivity contribution in [3.8, 4) is 0 Å². The minimum atomic E-state index is 0. The summed E-state index contributed by atoms with van der Waals surface area (Å²) in [6.07, 6.45) is 0. The lowest BCUT2D eigenvalue weighted by Crippen LogP contribution is -1.99. The van der Waals surface area contributed by atoms with Gasteiger partial charge in [-0.2, -0.15) is 0 Å². The monoisotopic (exact) mass is 2060 g/mol. The Kier molecular flexibility index (Phi) is 261. The maximum atomic E-state index is 11.8. The summed E-state index contributed by atoms with van der Waals surface area (Å²) in [6, 6.07) is 134. The Morgan fingerprint density at radius 1 is 0.114 bits per heavy atom. The van der Waals surface area contributed by atoms with Crippen LogP contribution in [-0.2, 0) is 38.1 Å². The van der Waals surface area contributed by atoms with E-state index in [0.717, 1.165) is 44.5 Å². The lowest BCUT2D eigenvalue weighted by molar-refractivity contribution is -0.115. The Hall–Kier alpha value is -12.9. The van der Waals surface area contributed by atoms with Gasteiger partial charge >= 0.3 is 0 Å². The number of benzene rings is 13. The molecule has 0 N–H and O–H groups in total. The maximum Gasteiger partial charge on any atom is 0.193 e. The molecular formula is C137H224O12. The van der Waals surface area contributed by atoms with Crippen LogP contribution in [0.1, 0.15) is 362 Å². The van der Waals surface area contributed by atoms with Crippen LogP contribution in [0.25, 0.3) is 0 Å². The zero-order chi connectivity index (χ0) is 120. The molecular weight excluding hydrogens is 1840 g/mol. The second kappa shape index (κ2) is 204. The molecule has 0 radical (unpaired) electrons. The minimum Gasteiger partial charge on any atom is -0.388 e. The van der Waals surface area contributed by atoms with E-state index in [-0.39, 0.29) is 53.7 Å². The third-order valence-corrected chi connectivity index (χ3v) is 11.6. The van der Waals surface area contributed by atoms with E-state index in [1.54, 1.807) is 56.9 Å². The van der Waals surface area contributed by atoms with Crippen molar-refractivity contribution >= 4 is 46.3 Å². The molecule has 0 saturated carbocycles. The number of Topliss-reactive ketones (excluding diaryl/α,β-unsaturated/α-hetero) is 4. The summed E-state index contributed by atoms with van der Waals surface area (Å²) in [4.78, 5) is 85.2. The van der Waals surface area contributed by atoms with Crippen LogP contribution in [0.4, 0.5) is 0 Å². The number of hydrogen-bond acceptors (Lipinski definition) is 12. The molecule has 844 valence electrons. The highest BCUT2D eigenvalue weighted by atomic mass is 16.5. The first-order valence-corrected chi connectivity index (χ1v) is 53.2. The van der Waals surface area contributed by atoms with Crippen LogP contribution in [-0.4, -0.2) is 103 Å². The lowest BCUT2D eigenvalue weighted by Gasteiger charge is -1.99. The highest BCUT2D eigenvalue weighted by molar-refractivity contribution is 6.10. The fraction of sp³-hybridized carbons (Fsp3) is 0.372. The van der Waals surface area contributed by atoms with Gasteiger partial charge in [-0.3, -0.25) is 19.2 Å². The molecule has 0 aliphatic carbocycles. The highest BCUT2D eigenvalue weighted by Gasteiger charge is 2.09. The van der Waals surface area contributed by atoms with Crippen molar-refractivity contribution in [2.24, 2.45) is 0 Å². The van der Waals surface area contributed by atoms with Gasteiger partial charge in [0, 0.05) is 101 Å². The Morgan fingerprint density at radius 2 is 0.148 bits per heavy atom. The first-order chi connectivity index (χ1) is 72.1. The van der Waals surface area contributed by atoms with E-state index in [4.69, 9.17) is 0 Å². The van der Waals surface area contributed by atoms with Gasteiger partial charge in [-0.15, -0.1) is 0 Å². The Labute approximate surface area is 922 Å². The molecule has 0 bridgehead atoms. The predicted molar refractivity (Wildman–Crippen MR) is 674 cm³/mol. The van der Waals surface area contributed by atoms with Crippen molar-refractivity contribution in [1.82, 2.24) is 0 Å². The molecule has 0 fully saturated rings.